The lowest BCUT2D eigenvalue weighted by atomic mass is 9.88. The zero-order valence-electron chi connectivity index (χ0n) is 36.2. The minimum atomic E-state index is -4.77. The number of carbonyl (C=O) groups is 3. The van der Waals surface area contributed by atoms with E-state index in [1.54, 1.807) is 6.08 Å². The number of allylic oxidation sites excluding steroid dienone is 2. The number of nitrogens with two attached hydrogens (primary N) is 1. The number of rotatable bonds is 38. The number of esters is 2. The fourth-order valence-electron chi connectivity index (χ4n) is 7.16. The number of aliphatic carboxylic acids is 1. The van der Waals surface area contributed by atoms with E-state index in [0.29, 0.717) is 32.1 Å². The molecule has 0 saturated heterocycles. The van der Waals surface area contributed by atoms with Gasteiger partial charge >= 0.3 is 25.7 Å². The first-order valence-electron chi connectivity index (χ1n) is 22.6. The summed E-state index contributed by atoms with van der Waals surface area (Å²) >= 11 is 0. The van der Waals surface area contributed by atoms with Crippen molar-refractivity contribution in [1.29, 1.82) is 0 Å². The molecule has 0 amide bonds. The van der Waals surface area contributed by atoms with E-state index in [0.717, 1.165) is 77.0 Å². The number of hydrogen-bond donors (Lipinski definition) is 6. The van der Waals surface area contributed by atoms with Crippen LogP contribution in [0.5, 0.6) is 0 Å². The van der Waals surface area contributed by atoms with Gasteiger partial charge in [-0.15, -0.1) is 0 Å². The highest BCUT2D eigenvalue weighted by Gasteiger charge is 2.39. The molecule has 8 atom stereocenters. The van der Waals surface area contributed by atoms with Crippen LogP contribution in [0.2, 0.25) is 0 Å². The molecule has 1 aliphatic carbocycles. The maximum absolute atomic E-state index is 12.7. The second-order valence-corrected chi connectivity index (χ2v) is 17.6. The second kappa shape index (κ2) is 34.4. The van der Waals surface area contributed by atoms with Crippen LogP contribution in [0.3, 0.4) is 0 Å². The van der Waals surface area contributed by atoms with E-state index in [9.17, 15) is 39.2 Å². The van der Waals surface area contributed by atoms with Gasteiger partial charge in [-0.25, -0.2) is 4.57 Å². The lowest BCUT2D eigenvalue weighted by Crippen LogP contribution is -2.34. The fraction of sp³-hybridized carbons (Fsp3) is 0.841. The molecule has 1 saturated carbocycles. The standard InChI is InChI=1S/C44H80NO13P/c1-3-5-7-8-9-10-11-12-13-14-15-16-17-18-24-28-43(50)58-36(33-56-59(53,54)57-34-39(45)44(51)52)32-55-42(49)27-23-20-19-22-26-37-38(41(48)31-40(37)47)30-29-35(46)25-21-6-4-2/h10-11,29-30,35-41,46-48H,3-9,12-28,31-34,45H2,1-2H3,(H,51,52)(H,53,54)/b11-10-,30-29+/t35-,36+,37+,38+,39-,40-,41+/m0/s1. The van der Waals surface area contributed by atoms with Crippen LogP contribution in [0.25, 0.3) is 0 Å². The summed E-state index contributed by atoms with van der Waals surface area (Å²) in [5, 5.41) is 40.3. The van der Waals surface area contributed by atoms with Gasteiger partial charge in [-0.2, -0.15) is 0 Å². The van der Waals surface area contributed by atoms with Crippen molar-refractivity contribution in [3.63, 3.8) is 0 Å². The summed E-state index contributed by atoms with van der Waals surface area (Å²) in [7, 11) is -4.77. The predicted molar refractivity (Wildman–Crippen MR) is 228 cm³/mol. The maximum atomic E-state index is 12.7. The summed E-state index contributed by atoms with van der Waals surface area (Å²) in [6.45, 7) is 2.48. The highest BCUT2D eigenvalue weighted by Crippen LogP contribution is 2.43. The molecule has 14 nitrogen and oxygen atoms in total. The van der Waals surface area contributed by atoms with Crippen LogP contribution in [-0.2, 0) is 37.5 Å². The van der Waals surface area contributed by atoms with Gasteiger partial charge in [0.25, 0.3) is 0 Å². The van der Waals surface area contributed by atoms with E-state index >= 15 is 0 Å². The SMILES string of the molecule is CCCCCC/C=C\CCCCCCCCCC(=O)O[C@H](COC(=O)CCCCCC[C@@H]1[C@@H](/C=C/[C@@H](O)CCCCC)[C@H](O)C[C@@H]1O)COP(=O)(O)OC[C@H](N)C(=O)O. The minimum Gasteiger partial charge on any atom is -0.480 e. The molecule has 15 heteroatoms. The normalized spacial score (nSPS) is 20.8. The molecular weight excluding hydrogens is 781 g/mol. The number of aliphatic hydroxyl groups excluding tert-OH is 3. The summed E-state index contributed by atoms with van der Waals surface area (Å²) in [6, 6.07) is -1.55. The number of carboxylic acid groups (broad SMARTS) is 1. The summed E-state index contributed by atoms with van der Waals surface area (Å²) in [4.78, 5) is 46.2. The van der Waals surface area contributed by atoms with Crippen molar-refractivity contribution in [3.05, 3.63) is 24.3 Å². The number of unbranched alkanes of at least 4 members (excludes halogenated alkanes) is 16. The molecule has 344 valence electrons. The largest absolute Gasteiger partial charge is 0.480 e. The smallest absolute Gasteiger partial charge is 0.472 e. The van der Waals surface area contributed by atoms with Gasteiger partial charge in [0.15, 0.2) is 6.10 Å². The Morgan fingerprint density at radius 3 is 1.90 bits per heavy atom. The van der Waals surface area contributed by atoms with Crippen molar-refractivity contribution in [3.8, 4) is 0 Å². The van der Waals surface area contributed by atoms with Gasteiger partial charge in [0, 0.05) is 25.2 Å². The molecule has 7 N–H and O–H groups in total. The molecule has 0 aromatic heterocycles. The number of carboxylic acids is 1. The molecule has 1 rings (SSSR count). The van der Waals surface area contributed by atoms with Gasteiger partial charge in [-0.1, -0.05) is 128 Å². The number of carbonyl (C=O) groups excluding carboxylic acids is 2. The van der Waals surface area contributed by atoms with E-state index in [-0.39, 0.29) is 24.7 Å². The molecule has 1 fully saturated rings. The Morgan fingerprint density at radius 2 is 1.27 bits per heavy atom. The van der Waals surface area contributed by atoms with E-state index in [4.69, 9.17) is 24.8 Å². The summed E-state index contributed by atoms with van der Waals surface area (Å²) in [5.41, 5.74) is 5.33. The molecular formula is C44H80NO13P. The number of aliphatic hydroxyl groups is 3. The Kier molecular flexibility index (Phi) is 32.0. The molecule has 1 unspecified atom stereocenters. The van der Waals surface area contributed by atoms with Crippen LogP contribution >= 0.6 is 7.82 Å². The highest BCUT2D eigenvalue weighted by molar-refractivity contribution is 7.47. The van der Waals surface area contributed by atoms with E-state index in [1.165, 1.54) is 38.5 Å². The van der Waals surface area contributed by atoms with Crippen LogP contribution in [0.15, 0.2) is 24.3 Å². The van der Waals surface area contributed by atoms with Crippen molar-refractivity contribution >= 4 is 25.7 Å². The monoisotopic (exact) mass is 862 g/mol. The quantitative estimate of drug-likeness (QED) is 0.0149. The van der Waals surface area contributed by atoms with Gasteiger partial charge in [0.2, 0.25) is 0 Å². The molecule has 0 spiro atoms. The Hall–Kier alpha value is -2.16. The van der Waals surface area contributed by atoms with E-state index in [2.05, 4.69) is 30.5 Å². The van der Waals surface area contributed by atoms with Crippen molar-refractivity contribution in [2.24, 2.45) is 17.6 Å². The van der Waals surface area contributed by atoms with Crippen LogP contribution in [0.4, 0.5) is 0 Å². The number of phosphoric ester groups is 1. The second-order valence-electron chi connectivity index (χ2n) is 16.1. The predicted octanol–water partition coefficient (Wildman–Crippen LogP) is 8.22. The summed E-state index contributed by atoms with van der Waals surface area (Å²) in [6.07, 6.45) is 27.3. The number of hydrogen-bond acceptors (Lipinski definition) is 12. The van der Waals surface area contributed by atoms with Gasteiger partial charge < -0.3 is 40.5 Å². The first-order valence-corrected chi connectivity index (χ1v) is 24.1. The van der Waals surface area contributed by atoms with Crippen LogP contribution in [-0.4, -0.2) is 93.5 Å². The lowest BCUT2D eigenvalue weighted by Gasteiger charge is -2.21. The van der Waals surface area contributed by atoms with E-state index in [1.807, 2.05) is 6.08 Å². The molecule has 0 aromatic carbocycles. The molecule has 0 radical (unpaired) electrons. The average molecular weight is 862 g/mol. The molecule has 0 heterocycles. The highest BCUT2D eigenvalue weighted by atomic mass is 31.2. The van der Waals surface area contributed by atoms with Gasteiger partial charge in [0.1, 0.15) is 12.6 Å². The van der Waals surface area contributed by atoms with Crippen LogP contribution in [0, 0.1) is 11.8 Å². The first kappa shape index (κ1) is 54.9. The Labute approximate surface area is 354 Å². The molecule has 0 aromatic rings. The van der Waals surface area contributed by atoms with Crippen molar-refractivity contribution in [2.75, 3.05) is 19.8 Å². The first-order chi connectivity index (χ1) is 28.3. The van der Waals surface area contributed by atoms with Crippen LogP contribution < -0.4 is 5.73 Å². The third-order valence-corrected chi connectivity index (χ3v) is 11.7. The fourth-order valence-corrected chi connectivity index (χ4v) is 7.93. The maximum Gasteiger partial charge on any atom is 0.472 e. The molecule has 0 bridgehead atoms. The number of phosphoric acid groups is 1. The average Bonchev–Trinajstić information content (AvgIpc) is 3.47. The zero-order chi connectivity index (χ0) is 43.7. The Bertz CT molecular complexity index is 1220. The van der Waals surface area contributed by atoms with Crippen molar-refractivity contribution < 1.29 is 62.8 Å². The number of ether oxygens (including phenoxy) is 2. The molecule has 59 heavy (non-hydrogen) atoms. The van der Waals surface area contributed by atoms with Gasteiger partial charge in [-0.05, 0) is 57.3 Å². The minimum absolute atomic E-state index is 0.0953. The zero-order valence-corrected chi connectivity index (χ0v) is 37.1. The third-order valence-electron chi connectivity index (χ3n) is 10.8. The third kappa shape index (κ3) is 28.9. The van der Waals surface area contributed by atoms with Gasteiger partial charge in [-0.3, -0.25) is 23.4 Å². The lowest BCUT2D eigenvalue weighted by molar-refractivity contribution is -0.161. The Morgan fingerprint density at radius 1 is 0.729 bits per heavy atom. The van der Waals surface area contributed by atoms with Crippen molar-refractivity contribution in [1.82, 2.24) is 0 Å². The molecule has 0 aliphatic heterocycles. The Balaban J connectivity index is 2.46. The van der Waals surface area contributed by atoms with Crippen molar-refractivity contribution in [2.45, 2.75) is 205 Å². The summed E-state index contributed by atoms with van der Waals surface area (Å²) < 4.78 is 32.7. The van der Waals surface area contributed by atoms with Gasteiger partial charge in [0.05, 0.1) is 31.5 Å². The van der Waals surface area contributed by atoms with Crippen LogP contribution in [0.1, 0.15) is 174 Å². The van der Waals surface area contributed by atoms with E-state index < -0.39 is 76.0 Å². The topological polar surface area (TPSA) is 232 Å². The molecule has 1 aliphatic rings. The summed E-state index contributed by atoms with van der Waals surface area (Å²) in [5.74, 6) is -2.88.